The van der Waals surface area contributed by atoms with Crippen molar-refractivity contribution >= 4 is 40.9 Å². The zero-order valence-electron chi connectivity index (χ0n) is 40.1. The number of fused-ring (bicyclic) bond motifs is 6. The molecule has 0 aliphatic carbocycles. The van der Waals surface area contributed by atoms with Crippen LogP contribution in [0.3, 0.4) is 0 Å². The highest BCUT2D eigenvalue weighted by molar-refractivity contribution is 7.80. The Balaban J connectivity index is 0.715. The second kappa shape index (κ2) is 29.5. The van der Waals surface area contributed by atoms with Crippen molar-refractivity contribution in [2.24, 2.45) is 5.73 Å². The molecule has 4 aromatic carbocycles. The molecule has 0 saturated carbocycles. The van der Waals surface area contributed by atoms with E-state index in [1.54, 1.807) is 30.3 Å². The van der Waals surface area contributed by atoms with E-state index in [1.807, 2.05) is 0 Å². The quantitative estimate of drug-likeness (QED) is 0.0168. The number of carbonyl (C=O) groups excluding carboxylic acids is 3. The summed E-state index contributed by atoms with van der Waals surface area (Å²) in [4.78, 5) is 37.5. The molecule has 2 aliphatic heterocycles. The summed E-state index contributed by atoms with van der Waals surface area (Å²) in [5.41, 5.74) is 6.63. The maximum Gasteiger partial charge on any atom is 0.340 e. The van der Waals surface area contributed by atoms with Gasteiger partial charge in [-0.2, -0.15) is 0 Å². The number of esters is 2. The summed E-state index contributed by atoms with van der Waals surface area (Å²) in [6.07, 6.45) is -0.190. The molecule has 73 heavy (non-hydrogen) atoms. The minimum atomic E-state index is -1.36. The number of aromatic hydroxyl groups is 2. The molecule has 0 radical (unpaired) electrons. The number of amides is 1. The largest absolute Gasteiger partial charge is 0.508 e. The third-order valence-electron chi connectivity index (χ3n) is 10.7. The highest BCUT2D eigenvalue weighted by Crippen LogP contribution is 2.57. The predicted octanol–water partition coefficient (Wildman–Crippen LogP) is 4.32. The maximum atomic E-state index is 14.5. The first-order chi connectivity index (χ1) is 35.5. The first-order valence-corrected chi connectivity index (χ1v) is 23.9. The lowest BCUT2D eigenvalue weighted by atomic mass is 9.77. The Morgan fingerprint density at radius 3 is 1.66 bits per heavy atom. The molecule has 0 unspecified atom stereocenters. The van der Waals surface area contributed by atoms with Crippen LogP contribution in [0.5, 0.6) is 28.7 Å². The van der Waals surface area contributed by atoms with Gasteiger partial charge in [0.15, 0.2) is 22.3 Å². The Hall–Kier alpha value is -6.12. The third-order valence-corrected chi connectivity index (χ3v) is 11.0. The van der Waals surface area contributed by atoms with E-state index >= 15 is 0 Å². The molecular formula is C50H60F2N4O16S. The molecule has 4 aromatic rings. The maximum absolute atomic E-state index is 14.5. The van der Waals surface area contributed by atoms with Crippen molar-refractivity contribution in [1.82, 2.24) is 10.6 Å². The van der Waals surface area contributed by atoms with Gasteiger partial charge >= 0.3 is 11.9 Å². The number of nitrogens with two attached hydrogens (primary N) is 1. The Morgan fingerprint density at radius 1 is 0.616 bits per heavy atom. The average Bonchev–Trinajstić information content (AvgIpc) is 3.65. The van der Waals surface area contributed by atoms with Crippen LogP contribution in [0.1, 0.15) is 45.5 Å². The second-order valence-electron chi connectivity index (χ2n) is 16.0. The lowest BCUT2D eigenvalue weighted by molar-refractivity contribution is -0.136. The first kappa shape index (κ1) is 56.2. The lowest BCUT2D eigenvalue weighted by Gasteiger charge is -2.36. The molecule has 7 N–H and O–H groups in total. The van der Waals surface area contributed by atoms with E-state index in [9.17, 15) is 33.4 Å². The van der Waals surface area contributed by atoms with E-state index in [0.29, 0.717) is 137 Å². The normalized spacial score (nSPS) is 12.9. The topological polar surface area (TPSA) is 255 Å². The van der Waals surface area contributed by atoms with E-state index in [0.717, 1.165) is 12.1 Å². The minimum Gasteiger partial charge on any atom is -0.508 e. The smallest absolute Gasteiger partial charge is 0.340 e. The number of phenols is 2. The number of thiocarbonyl (C=S) groups is 1. The van der Waals surface area contributed by atoms with Crippen LogP contribution in [0.15, 0.2) is 66.7 Å². The monoisotopic (exact) mass is 1040 g/mol. The number of nitrogens with one attached hydrogen (secondary N) is 3. The SMILES string of the molecule is NCCOCCOCCC(=O)NCc1cc(F)c(OC(=O)CCOCCOCCOCCOCCOCCOCCNC(=S)Nc2ccc3c(c2)C(=O)OC32c3ccc(O)cc3Oc3cc(O)ccc32)c(F)c1. The summed E-state index contributed by atoms with van der Waals surface area (Å²) in [5, 5.41) is 29.3. The number of rotatable bonds is 33. The van der Waals surface area contributed by atoms with Gasteiger partial charge in [-0.25, -0.2) is 13.6 Å². The summed E-state index contributed by atoms with van der Waals surface area (Å²) in [5.74, 6) is -4.27. The average molecular weight is 1040 g/mol. The standard InChI is InChI=1S/C50H60F2N4O16S/c51-41-27-33(32-55-45(59)7-11-62-15-17-64-13-9-53)28-42(52)47(41)71-46(60)8-12-63-16-19-66-21-23-68-25-26-69-24-22-67-20-18-65-14-10-54-49(73)56-34-1-4-38-37(29-34)48(61)72-50(38)39-5-2-35(57)30-43(39)70-44-31-36(58)3-6-40(44)50/h1-6,27-31,57-58H,7-26,32,53H2,(H,55,59)(H2,54,56,73). The molecule has 2 heterocycles. The molecule has 0 bridgehead atoms. The van der Waals surface area contributed by atoms with Crippen molar-refractivity contribution in [1.29, 1.82) is 0 Å². The van der Waals surface area contributed by atoms with E-state index < -0.39 is 34.9 Å². The van der Waals surface area contributed by atoms with Gasteiger partial charge in [0.2, 0.25) is 11.7 Å². The predicted molar refractivity (Wildman–Crippen MR) is 261 cm³/mol. The van der Waals surface area contributed by atoms with Crippen LogP contribution >= 0.6 is 12.2 Å². The van der Waals surface area contributed by atoms with Gasteiger partial charge in [-0.05, 0) is 66.3 Å². The number of hydrogen-bond acceptors (Lipinski definition) is 18. The van der Waals surface area contributed by atoms with Crippen LogP contribution in [-0.2, 0) is 64.4 Å². The molecule has 1 amide bonds. The fourth-order valence-corrected chi connectivity index (χ4v) is 7.61. The number of ether oxygens (including phenoxy) is 11. The number of benzene rings is 4. The second-order valence-corrected chi connectivity index (χ2v) is 16.4. The fraction of sp³-hybridized carbons (Fsp3) is 0.440. The van der Waals surface area contributed by atoms with E-state index in [4.69, 9.17) is 70.1 Å². The van der Waals surface area contributed by atoms with Gasteiger partial charge in [-0.3, -0.25) is 9.59 Å². The number of phenolic OH excluding ortho intramolecular Hbond substituents is 2. The summed E-state index contributed by atoms with van der Waals surface area (Å²) < 4.78 is 89.4. The summed E-state index contributed by atoms with van der Waals surface area (Å²) in [6.45, 7) is 5.51. The summed E-state index contributed by atoms with van der Waals surface area (Å²) >= 11 is 5.46. The highest BCUT2D eigenvalue weighted by atomic mass is 32.1. The molecule has 20 nitrogen and oxygen atoms in total. The van der Waals surface area contributed by atoms with Gasteiger partial charge in [0.05, 0.1) is 118 Å². The Labute approximate surface area is 425 Å². The molecule has 2 aliphatic rings. The minimum absolute atomic E-state index is 0.0282. The number of anilines is 1. The Bertz CT molecular complexity index is 2400. The summed E-state index contributed by atoms with van der Waals surface area (Å²) in [6, 6.07) is 16.3. The van der Waals surface area contributed by atoms with Gasteiger partial charge in [0.25, 0.3) is 0 Å². The van der Waals surface area contributed by atoms with E-state index in [2.05, 4.69) is 16.0 Å². The van der Waals surface area contributed by atoms with E-state index in [1.165, 1.54) is 24.3 Å². The molecule has 23 heteroatoms. The van der Waals surface area contributed by atoms with Crippen molar-refractivity contribution in [3.63, 3.8) is 0 Å². The van der Waals surface area contributed by atoms with Gasteiger partial charge in [0, 0.05) is 60.6 Å². The molecule has 6 rings (SSSR count). The third kappa shape index (κ3) is 17.0. The highest BCUT2D eigenvalue weighted by Gasteiger charge is 2.53. The molecule has 0 saturated heterocycles. The van der Waals surface area contributed by atoms with Crippen molar-refractivity contribution in [3.8, 4) is 28.7 Å². The molecular weight excluding hydrogens is 983 g/mol. The molecule has 0 atom stereocenters. The van der Waals surface area contributed by atoms with Crippen molar-refractivity contribution in [2.75, 3.05) is 124 Å². The van der Waals surface area contributed by atoms with Crippen LogP contribution in [-0.4, -0.2) is 152 Å². The van der Waals surface area contributed by atoms with Crippen molar-refractivity contribution < 1.29 is 85.5 Å². The van der Waals surface area contributed by atoms with Gasteiger partial charge in [-0.15, -0.1) is 0 Å². The molecule has 396 valence electrons. The number of halogens is 2. The zero-order chi connectivity index (χ0) is 51.8. The fourth-order valence-electron chi connectivity index (χ4n) is 7.39. The summed E-state index contributed by atoms with van der Waals surface area (Å²) in [7, 11) is 0. The number of carbonyl (C=O) groups is 3. The van der Waals surface area contributed by atoms with Crippen molar-refractivity contribution in [2.45, 2.75) is 25.0 Å². The van der Waals surface area contributed by atoms with Crippen molar-refractivity contribution in [3.05, 3.63) is 106 Å². The van der Waals surface area contributed by atoms with Gasteiger partial charge in [0.1, 0.15) is 23.0 Å². The van der Waals surface area contributed by atoms with Crippen LogP contribution in [0.2, 0.25) is 0 Å². The lowest BCUT2D eigenvalue weighted by Crippen LogP contribution is -2.33. The Kier molecular flexibility index (Phi) is 22.7. The van der Waals surface area contributed by atoms with Crippen LogP contribution in [0.25, 0.3) is 0 Å². The van der Waals surface area contributed by atoms with Crippen LogP contribution in [0.4, 0.5) is 14.5 Å². The number of hydrogen-bond donors (Lipinski definition) is 6. The zero-order valence-corrected chi connectivity index (χ0v) is 40.9. The molecule has 0 aromatic heterocycles. The van der Waals surface area contributed by atoms with Gasteiger partial charge < -0.3 is 84.0 Å². The van der Waals surface area contributed by atoms with E-state index in [-0.39, 0.29) is 68.8 Å². The molecule has 1 spiro atoms. The molecule has 0 fully saturated rings. The van der Waals surface area contributed by atoms with Gasteiger partial charge in [-0.1, -0.05) is 6.07 Å². The van der Waals surface area contributed by atoms with Crippen LogP contribution < -0.4 is 31.2 Å². The Morgan fingerprint density at radius 2 is 1.11 bits per heavy atom. The first-order valence-electron chi connectivity index (χ1n) is 23.5. The van der Waals surface area contributed by atoms with Crippen LogP contribution in [0, 0.1) is 11.6 Å².